The summed E-state index contributed by atoms with van der Waals surface area (Å²) in [6.07, 6.45) is 6.16. The number of carbonyl (C=O) groups is 1. The summed E-state index contributed by atoms with van der Waals surface area (Å²) in [5.74, 6) is 0.890. The number of likely N-dealkylation sites (tertiary alicyclic amines) is 1. The predicted octanol–water partition coefficient (Wildman–Crippen LogP) is 1.95. The highest BCUT2D eigenvalue weighted by Crippen LogP contribution is 2.19. The SMILES string of the molecule is CNC1CCCN(C(=O)c2ccc3c(=O)n4c(nc3c2)CCCCC4)C1. The Bertz CT molecular complexity index is 889. The van der Waals surface area contributed by atoms with E-state index in [1.807, 2.05) is 16.5 Å². The molecule has 1 fully saturated rings. The van der Waals surface area contributed by atoms with Crippen molar-refractivity contribution in [3.8, 4) is 0 Å². The van der Waals surface area contributed by atoms with E-state index >= 15 is 0 Å². The van der Waals surface area contributed by atoms with Crippen molar-refractivity contribution in [3.05, 3.63) is 39.9 Å². The van der Waals surface area contributed by atoms with Gasteiger partial charge in [0.15, 0.2) is 0 Å². The topological polar surface area (TPSA) is 67.2 Å². The lowest BCUT2D eigenvalue weighted by molar-refractivity contribution is 0.0698. The molecular weight excluding hydrogens is 328 g/mol. The van der Waals surface area contributed by atoms with E-state index in [0.717, 1.165) is 64.0 Å². The Morgan fingerprint density at radius 3 is 2.92 bits per heavy atom. The van der Waals surface area contributed by atoms with Gasteiger partial charge in [0.2, 0.25) is 0 Å². The van der Waals surface area contributed by atoms with E-state index in [-0.39, 0.29) is 11.5 Å². The molecule has 0 aliphatic carbocycles. The molecular formula is C20H26N4O2. The monoisotopic (exact) mass is 354 g/mol. The fourth-order valence-corrected chi connectivity index (χ4v) is 4.13. The second-order valence-corrected chi connectivity index (χ2v) is 7.41. The molecule has 0 spiro atoms. The molecule has 0 radical (unpaired) electrons. The van der Waals surface area contributed by atoms with Crippen molar-refractivity contribution in [1.82, 2.24) is 19.8 Å². The van der Waals surface area contributed by atoms with Crippen molar-refractivity contribution in [1.29, 1.82) is 0 Å². The van der Waals surface area contributed by atoms with Crippen molar-refractivity contribution < 1.29 is 4.79 Å². The molecule has 4 rings (SSSR count). The van der Waals surface area contributed by atoms with Crippen LogP contribution in [0.15, 0.2) is 23.0 Å². The minimum atomic E-state index is 0.0270. The zero-order chi connectivity index (χ0) is 18.1. The lowest BCUT2D eigenvalue weighted by Crippen LogP contribution is -2.46. The van der Waals surface area contributed by atoms with Crippen LogP contribution in [0.3, 0.4) is 0 Å². The number of piperidine rings is 1. The molecule has 1 N–H and O–H groups in total. The van der Waals surface area contributed by atoms with Crippen LogP contribution in [-0.4, -0.2) is 46.5 Å². The van der Waals surface area contributed by atoms with Crippen LogP contribution in [0.2, 0.25) is 0 Å². The third-order valence-corrected chi connectivity index (χ3v) is 5.68. The van der Waals surface area contributed by atoms with Crippen molar-refractivity contribution in [2.24, 2.45) is 0 Å². The molecule has 0 bridgehead atoms. The summed E-state index contributed by atoms with van der Waals surface area (Å²) in [6.45, 7) is 2.26. The molecule has 6 heteroatoms. The highest BCUT2D eigenvalue weighted by molar-refractivity contribution is 5.97. The van der Waals surface area contributed by atoms with E-state index in [2.05, 4.69) is 5.32 Å². The number of hydrogen-bond acceptors (Lipinski definition) is 4. The normalized spacial score (nSPS) is 20.7. The van der Waals surface area contributed by atoms with Gasteiger partial charge in [0, 0.05) is 37.7 Å². The smallest absolute Gasteiger partial charge is 0.261 e. The number of rotatable bonds is 2. The lowest BCUT2D eigenvalue weighted by atomic mass is 10.0. The molecule has 26 heavy (non-hydrogen) atoms. The summed E-state index contributed by atoms with van der Waals surface area (Å²) < 4.78 is 1.82. The number of benzene rings is 1. The fraction of sp³-hybridized carbons (Fsp3) is 0.550. The van der Waals surface area contributed by atoms with E-state index in [4.69, 9.17) is 4.98 Å². The number of carbonyl (C=O) groups excluding carboxylic acids is 1. The molecule has 1 unspecified atom stereocenters. The van der Waals surface area contributed by atoms with Gasteiger partial charge in [-0.2, -0.15) is 0 Å². The van der Waals surface area contributed by atoms with Crippen LogP contribution >= 0.6 is 0 Å². The quantitative estimate of drug-likeness (QED) is 0.895. The molecule has 1 saturated heterocycles. The van der Waals surface area contributed by atoms with E-state index in [9.17, 15) is 9.59 Å². The Balaban J connectivity index is 1.69. The Labute approximate surface area is 153 Å². The van der Waals surface area contributed by atoms with Gasteiger partial charge in [0.1, 0.15) is 5.82 Å². The number of aromatic nitrogens is 2. The third-order valence-electron chi connectivity index (χ3n) is 5.68. The van der Waals surface area contributed by atoms with E-state index in [0.29, 0.717) is 22.5 Å². The predicted molar refractivity (Wildman–Crippen MR) is 102 cm³/mol. The Hall–Kier alpha value is -2.21. The zero-order valence-corrected chi connectivity index (χ0v) is 15.3. The number of amides is 1. The Morgan fingerprint density at radius 2 is 2.08 bits per heavy atom. The van der Waals surface area contributed by atoms with Gasteiger partial charge in [0.05, 0.1) is 10.9 Å². The minimum Gasteiger partial charge on any atom is -0.337 e. The van der Waals surface area contributed by atoms with Crippen LogP contribution < -0.4 is 10.9 Å². The maximum Gasteiger partial charge on any atom is 0.261 e. The molecule has 1 aromatic carbocycles. The van der Waals surface area contributed by atoms with Crippen LogP contribution in [0.4, 0.5) is 0 Å². The van der Waals surface area contributed by atoms with E-state index in [1.54, 1.807) is 18.2 Å². The second-order valence-electron chi connectivity index (χ2n) is 7.41. The Kier molecular flexibility index (Phi) is 4.76. The number of hydrogen-bond donors (Lipinski definition) is 1. The highest BCUT2D eigenvalue weighted by Gasteiger charge is 2.24. The first-order valence-electron chi connectivity index (χ1n) is 9.67. The maximum atomic E-state index is 12.9. The largest absolute Gasteiger partial charge is 0.337 e. The van der Waals surface area contributed by atoms with Gasteiger partial charge in [-0.3, -0.25) is 14.2 Å². The summed E-state index contributed by atoms with van der Waals surface area (Å²) >= 11 is 0. The van der Waals surface area contributed by atoms with Crippen molar-refractivity contribution >= 4 is 16.8 Å². The van der Waals surface area contributed by atoms with Crippen molar-refractivity contribution in [2.75, 3.05) is 20.1 Å². The summed E-state index contributed by atoms with van der Waals surface area (Å²) in [5.41, 5.74) is 1.30. The van der Waals surface area contributed by atoms with Gasteiger partial charge in [-0.15, -0.1) is 0 Å². The zero-order valence-electron chi connectivity index (χ0n) is 15.3. The standard InChI is InChI=1S/C20H26N4O2/c1-21-15-6-5-10-23(13-15)19(25)14-8-9-16-17(12-14)22-18-7-3-2-4-11-24(18)20(16)26/h8-9,12,15,21H,2-7,10-11,13H2,1H3. The van der Waals surface area contributed by atoms with Crippen LogP contribution in [0.25, 0.3) is 10.9 Å². The highest BCUT2D eigenvalue weighted by atomic mass is 16.2. The van der Waals surface area contributed by atoms with Gasteiger partial charge >= 0.3 is 0 Å². The van der Waals surface area contributed by atoms with Crippen molar-refractivity contribution in [3.63, 3.8) is 0 Å². The number of fused-ring (bicyclic) bond motifs is 2. The number of nitrogens with zero attached hydrogens (tertiary/aromatic N) is 3. The van der Waals surface area contributed by atoms with Gasteiger partial charge in [0.25, 0.3) is 11.5 Å². The van der Waals surface area contributed by atoms with E-state index in [1.165, 1.54) is 0 Å². The molecule has 6 nitrogen and oxygen atoms in total. The van der Waals surface area contributed by atoms with Gasteiger partial charge in [-0.25, -0.2) is 4.98 Å². The maximum absolute atomic E-state index is 12.9. The summed E-state index contributed by atoms with van der Waals surface area (Å²) in [4.78, 5) is 32.4. The first-order chi connectivity index (χ1) is 12.7. The van der Waals surface area contributed by atoms with Gasteiger partial charge < -0.3 is 10.2 Å². The van der Waals surface area contributed by atoms with Crippen LogP contribution in [-0.2, 0) is 13.0 Å². The van der Waals surface area contributed by atoms with Gasteiger partial charge in [-0.1, -0.05) is 6.42 Å². The van der Waals surface area contributed by atoms with Crippen LogP contribution in [0, 0.1) is 0 Å². The molecule has 1 amide bonds. The number of likely N-dealkylation sites (N-methyl/N-ethyl adjacent to an activating group) is 1. The van der Waals surface area contributed by atoms with Gasteiger partial charge in [-0.05, 0) is 50.9 Å². The van der Waals surface area contributed by atoms with Crippen LogP contribution in [0.5, 0.6) is 0 Å². The molecule has 2 aromatic rings. The van der Waals surface area contributed by atoms with Crippen molar-refractivity contribution in [2.45, 2.75) is 51.1 Å². The second kappa shape index (κ2) is 7.19. The Morgan fingerprint density at radius 1 is 1.19 bits per heavy atom. The minimum absolute atomic E-state index is 0.0270. The first-order valence-corrected chi connectivity index (χ1v) is 9.67. The average molecular weight is 354 g/mol. The molecule has 1 atom stereocenters. The first kappa shape index (κ1) is 17.2. The lowest BCUT2D eigenvalue weighted by Gasteiger charge is -2.32. The molecule has 2 aliphatic heterocycles. The van der Waals surface area contributed by atoms with E-state index < -0.39 is 0 Å². The fourth-order valence-electron chi connectivity index (χ4n) is 4.13. The van der Waals surface area contributed by atoms with Crippen LogP contribution in [0.1, 0.15) is 48.3 Å². The number of aryl methyl sites for hydroxylation is 1. The average Bonchev–Trinajstić information content (AvgIpc) is 2.93. The molecule has 2 aliphatic rings. The summed E-state index contributed by atoms with van der Waals surface area (Å²) in [5, 5.41) is 3.88. The molecule has 1 aromatic heterocycles. The third kappa shape index (κ3) is 3.14. The number of nitrogens with one attached hydrogen (secondary N) is 1. The summed E-state index contributed by atoms with van der Waals surface area (Å²) in [6, 6.07) is 5.70. The molecule has 0 saturated carbocycles. The summed E-state index contributed by atoms with van der Waals surface area (Å²) in [7, 11) is 1.94. The molecule has 138 valence electrons. The molecule has 3 heterocycles.